The number of aryl methyl sites for hydroxylation is 2. The van der Waals surface area contributed by atoms with Gasteiger partial charge in [0.15, 0.2) is 5.96 Å². The number of nitrogens with one attached hydrogen (secondary N) is 2. The number of hydrogen-bond acceptors (Lipinski definition) is 4. The second-order valence-corrected chi connectivity index (χ2v) is 7.64. The van der Waals surface area contributed by atoms with E-state index >= 15 is 0 Å². The van der Waals surface area contributed by atoms with E-state index in [2.05, 4.69) is 20.7 Å². The highest BCUT2D eigenvalue weighted by Gasteiger charge is 2.09. The molecule has 22 heavy (non-hydrogen) atoms. The van der Waals surface area contributed by atoms with Crippen molar-refractivity contribution in [2.75, 3.05) is 25.1 Å². The van der Waals surface area contributed by atoms with Crippen LogP contribution in [0, 0.1) is 13.8 Å². The fraction of sp³-hybridized carbons (Fsp3) is 0.714. The van der Waals surface area contributed by atoms with Crippen LogP contribution < -0.4 is 10.6 Å². The molecule has 0 aliphatic rings. The predicted octanol–water partition coefficient (Wildman–Crippen LogP) is 0.527. The highest BCUT2D eigenvalue weighted by atomic mass is 32.2. The number of guanidine groups is 1. The molecule has 0 atom stereocenters. The van der Waals surface area contributed by atoms with Crippen molar-refractivity contribution in [1.29, 1.82) is 0 Å². The summed E-state index contributed by atoms with van der Waals surface area (Å²) < 4.78 is 24.1. The molecule has 7 nitrogen and oxygen atoms in total. The minimum Gasteiger partial charge on any atom is -0.357 e. The zero-order valence-electron chi connectivity index (χ0n) is 14.1. The first-order valence-electron chi connectivity index (χ1n) is 7.43. The second-order valence-electron chi connectivity index (χ2n) is 5.38. The van der Waals surface area contributed by atoms with Gasteiger partial charge in [0.05, 0.1) is 18.0 Å². The molecule has 0 aliphatic carbocycles. The minimum absolute atomic E-state index is 0.181. The van der Waals surface area contributed by atoms with Gasteiger partial charge in [-0.3, -0.25) is 4.68 Å². The molecular formula is C14H27N5O2S. The normalized spacial score (nSPS) is 12.5. The smallest absolute Gasteiger partial charge is 0.191 e. The number of sulfone groups is 1. The zero-order chi connectivity index (χ0) is 16.8. The average molecular weight is 329 g/mol. The van der Waals surface area contributed by atoms with Crippen LogP contribution in [0.4, 0.5) is 0 Å². The van der Waals surface area contributed by atoms with Gasteiger partial charge in [-0.15, -0.1) is 0 Å². The summed E-state index contributed by atoms with van der Waals surface area (Å²) in [6.45, 7) is 7.87. The van der Waals surface area contributed by atoms with E-state index in [4.69, 9.17) is 0 Å². The van der Waals surface area contributed by atoms with Crippen molar-refractivity contribution in [2.45, 2.75) is 33.7 Å². The monoisotopic (exact) mass is 329 g/mol. The molecule has 1 aromatic rings. The molecule has 0 aliphatic heterocycles. The summed E-state index contributed by atoms with van der Waals surface area (Å²) in [6.07, 6.45) is 1.81. The lowest BCUT2D eigenvalue weighted by Crippen LogP contribution is -2.38. The molecule has 2 N–H and O–H groups in total. The van der Waals surface area contributed by atoms with Gasteiger partial charge in [0.1, 0.15) is 9.84 Å². The first-order valence-corrected chi connectivity index (χ1v) is 9.49. The molecule has 1 rings (SSSR count). The molecule has 1 heterocycles. The maximum atomic E-state index is 11.1. The van der Waals surface area contributed by atoms with Crippen molar-refractivity contribution >= 4 is 15.8 Å². The van der Waals surface area contributed by atoms with Crippen LogP contribution in [0.3, 0.4) is 0 Å². The minimum atomic E-state index is -2.91. The van der Waals surface area contributed by atoms with Crippen LogP contribution in [0.1, 0.15) is 30.3 Å². The van der Waals surface area contributed by atoms with Crippen molar-refractivity contribution in [3.05, 3.63) is 17.0 Å². The maximum Gasteiger partial charge on any atom is 0.191 e. The molecule has 0 radical (unpaired) electrons. The number of aliphatic imine (C=N–C) groups is 1. The molecular weight excluding hydrogens is 302 g/mol. The molecule has 0 fully saturated rings. The van der Waals surface area contributed by atoms with Crippen LogP contribution in [0.5, 0.6) is 0 Å². The molecule has 0 bridgehead atoms. The second kappa shape index (κ2) is 8.17. The topological polar surface area (TPSA) is 88.4 Å². The summed E-state index contributed by atoms with van der Waals surface area (Å²) in [6, 6.07) is 0. The fourth-order valence-corrected chi connectivity index (χ4v) is 2.76. The van der Waals surface area contributed by atoms with Crippen LogP contribution in [0.2, 0.25) is 0 Å². The molecule has 0 amide bonds. The molecule has 8 heteroatoms. The van der Waals surface area contributed by atoms with Gasteiger partial charge in [-0.1, -0.05) is 0 Å². The van der Waals surface area contributed by atoms with Gasteiger partial charge in [0, 0.05) is 37.7 Å². The number of rotatable bonds is 7. The Morgan fingerprint density at radius 1 is 1.32 bits per heavy atom. The lowest BCUT2D eigenvalue weighted by Gasteiger charge is -2.11. The fourth-order valence-electron chi connectivity index (χ4n) is 2.09. The highest BCUT2D eigenvalue weighted by Crippen LogP contribution is 2.12. The number of nitrogens with zero attached hydrogens (tertiary/aromatic N) is 3. The van der Waals surface area contributed by atoms with Crippen molar-refractivity contribution in [3.63, 3.8) is 0 Å². The van der Waals surface area contributed by atoms with Crippen molar-refractivity contribution < 1.29 is 8.42 Å². The van der Waals surface area contributed by atoms with Gasteiger partial charge in [0.2, 0.25) is 0 Å². The Bertz CT molecular complexity index is 619. The summed E-state index contributed by atoms with van der Waals surface area (Å²) in [7, 11) is -0.989. The summed E-state index contributed by atoms with van der Waals surface area (Å²) in [4.78, 5) is 4.54. The Morgan fingerprint density at radius 2 is 2.00 bits per heavy atom. The zero-order valence-corrected chi connectivity index (χ0v) is 14.9. The third kappa shape index (κ3) is 6.05. The van der Waals surface area contributed by atoms with E-state index in [1.165, 1.54) is 6.26 Å². The summed E-state index contributed by atoms with van der Waals surface area (Å²) in [5.74, 6) is 0.874. The first kappa shape index (κ1) is 18.5. The van der Waals surface area contributed by atoms with E-state index in [9.17, 15) is 8.42 Å². The summed E-state index contributed by atoms with van der Waals surface area (Å²) in [5.41, 5.74) is 3.21. The van der Waals surface area contributed by atoms with Crippen molar-refractivity contribution in [2.24, 2.45) is 12.0 Å². The third-order valence-corrected chi connectivity index (χ3v) is 4.41. The van der Waals surface area contributed by atoms with Gasteiger partial charge in [-0.2, -0.15) is 5.10 Å². The first-order chi connectivity index (χ1) is 10.2. The Hall–Kier alpha value is -1.57. The van der Waals surface area contributed by atoms with Gasteiger partial charge in [0.25, 0.3) is 0 Å². The van der Waals surface area contributed by atoms with Gasteiger partial charge < -0.3 is 10.6 Å². The lowest BCUT2D eigenvalue weighted by atomic mass is 10.2. The van der Waals surface area contributed by atoms with Gasteiger partial charge in [-0.05, 0) is 27.2 Å². The van der Waals surface area contributed by atoms with Gasteiger partial charge in [-0.25, -0.2) is 13.4 Å². The van der Waals surface area contributed by atoms with Crippen LogP contribution in [0.25, 0.3) is 0 Å². The third-order valence-electron chi connectivity index (χ3n) is 3.38. The lowest BCUT2D eigenvalue weighted by molar-refractivity contribution is 0.598. The van der Waals surface area contributed by atoms with E-state index < -0.39 is 9.84 Å². The Labute approximate surface area is 133 Å². The van der Waals surface area contributed by atoms with E-state index in [0.717, 1.165) is 23.5 Å². The molecule has 0 unspecified atom stereocenters. The summed E-state index contributed by atoms with van der Waals surface area (Å²) in [5, 5.41) is 10.7. The molecule has 0 spiro atoms. The summed E-state index contributed by atoms with van der Waals surface area (Å²) >= 11 is 0. The standard InChI is InChI=1S/C14H27N5O2S/c1-6-15-14(16-8-7-9-22(5,20)21)17-10-13-11(2)18-19(4)12(13)3/h6-10H2,1-5H3,(H2,15,16,17). The maximum absolute atomic E-state index is 11.1. The van der Waals surface area contributed by atoms with Crippen LogP contribution >= 0.6 is 0 Å². The van der Waals surface area contributed by atoms with E-state index in [1.54, 1.807) is 0 Å². The Morgan fingerprint density at radius 3 is 2.50 bits per heavy atom. The molecule has 0 saturated heterocycles. The highest BCUT2D eigenvalue weighted by molar-refractivity contribution is 7.90. The Kier molecular flexibility index (Phi) is 6.86. The van der Waals surface area contributed by atoms with E-state index in [0.29, 0.717) is 25.5 Å². The predicted molar refractivity (Wildman–Crippen MR) is 89.8 cm³/mol. The van der Waals surface area contributed by atoms with Crippen LogP contribution in [-0.2, 0) is 23.4 Å². The quantitative estimate of drug-likeness (QED) is 0.433. The SMILES string of the molecule is CCNC(=NCc1c(C)nn(C)c1C)NCCCS(C)(=O)=O. The molecule has 0 aromatic carbocycles. The molecule has 0 saturated carbocycles. The average Bonchev–Trinajstić information content (AvgIpc) is 2.65. The molecule has 1 aromatic heterocycles. The largest absolute Gasteiger partial charge is 0.357 e. The van der Waals surface area contributed by atoms with Gasteiger partial charge >= 0.3 is 0 Å². The van der Waals surface area contributed by atoms with E-state index in [-0.39, 0.29) is 5.75 Å². The molecule has 126 valence electrons. The number of aromatic nitrogens is 2. The van der Waals surface area contributed by atoms with Crippen molar-refractivity contribution in [1.82, 2.24) is 20.4 Å². The Balaban J connectivity index is 2.62. The van der Waals surface area contributed by atoms with Crippen molar-refractivity contribution in [3.8, 4) is 0 Å². The number of hydrogen-bond donors (Lipinski definition) is 2. The van der Waals surface area contributed by atoms with E-state index in [1.807, 2.05) is 32.5 Å². The van der Waals surface area contributed by atoms with Crippen LogP contribution in [-0.4, -0.2) is 49.3 Å². The van der Waals surface area contributed by atoms with Crippen LogP contribution in [0.15, 0.2) is 4.99 Å².